The van der Waals surface area contributed by atoms with Crippen molar-refractivity contribution in [1.82, 2.24) is 15.3 Å². The average Bonchev–Trinajstić information content (AvgIpc) is 3.25. The Hall–Kier alpha value is -2.73. The van der Waals surface area contributed by atoms with Gasteiger partial charge in [-0.05, 0) is 25.5 Å². The van der Waals surface area contributed by atoms with Gasteiger partial charge in [-0.25, -0.2) is 9.78 Å². The Morgan fingerprint density at radius 3 is 2.85 bits per heavy atom. The maximum Gasteiger partial charge on any atom is 0.339 e. The van der Waals surface area contributed by atoms with E-state index in [9.17, 15) is 4.79 Å². The molecule has 26 heavy (non-hydrogen) atoms. The molecule has 132 valence electrons. The maximum absolute atomic E-state index is 12.1. The van der Waals surface area contributed by atoms with Gasteiger partial charge in [0.15, 0.2) is 5.37 Å². The van der Waals surface area contributed by atoms with Crippen molar-refractivity contribution >= 4 is 34.5 Å². The Morgan fingerprint density at radius 1 is 1.27 bits per heavy atom. The van der Waals surface area contributed by atoms with E-state index in [4.69, 9.17) is 4.74 Å². The number of pyridine rings is 1. The number of aromatic nitrogens is 2. The van der Waals surface area contributed by atoms with E-state index in [1.165, 1.54) is 11.8 Å². The number of carbonyl (C=O) groups excluding carboxylic acids is 1. The number of rotatable bonds is 4. The number of fused-ring (bicyclic) bond motifs is 1. The zero-order chi connectivity index (χ0) is 18.1. The van der Waals surface area contributed by atoms with Gasteiger partial charge in [-0.3, -0.25) is 0 Å². The average molecular weight is 365 g/mol. The molecule has 1 unspecified atom stereocenters. The summed E-state index contributed by atoms with van der Waals surface area (Å²) in [4.78, 5) is 20.9. The molecule has 3 aromatic rings. The monoisotopic (exact) mass is 365 g/mol. The lowest BCUT2D eigenvalue weighted by molar-refractivity contribution is -0.142. The van der Waals surface area contributed by atoms with E-state index < -0.39 is 5.37 Å². The van der Waals surface area contributed by atoms with E-state index in [1.54, 1.807) is 0 Å². The van der Waals surface area contributed by atoms with Crippen LogP contribution in [0, 0.1) is 0 Å². The highest BCUT2D eigenvalue weighted by Gasteiger charge is 2.30. The second-order valence-corrected chi connectivity index (χ2v) is 7.33. The van der Waals surface area contributed by atoms with Gasteiger partial charge in [0.25, 0.3) is 0 Å². The van der Waals surface area contributed by atoms with Crippen LogP contribution in [0.3, 0.4) is 0 Å². The van der Waals surface area contributed by atoms with Gasteiger partial charge in [0.05, 0.1) is 12.3 Å². The van der Waals surface area contributed by atoms with Crippen LogP contribution in [0.15, 0.2) is 53.7 Å². The van der Waals surface area contributed by atoms with Gasteiger partial charge in [-0.15, -0.1) is 0 Å². The Balaban J connectivity index is 1.71. The van der Waals surface area contributed by atoms with Gasteiger partial charge in [-0.1, -0.05) is 42.1 Å². The fraction of sp³-hybridized carbons (Fsp3) is 0.200. The fourth-order valence-electron chi connectivity index (χ4n) is 3.09. The van der Waals surface area contributed by atoms with Crippen LogP contribution in [-0.4, -0.2) is 27.9 Å². The summed E-state index contributed by atoms with van der Waals surface area (Å²) in [5.41, 5.74) is 4.97. The summed E-state index contributed by atoms with van der Waals surface area (Å²) in [6, 6.07) is 12.3. The van der Waals surface area contributed by atoms with Gasteiger partial charge in [0.2, 0.25) is 0 Å². The number of aromatic amines is 1. The second-order valence-electron chi connectivity index (χ2n) is 6.01. The number of nitrogens with zero attached hydrogens (tertiary/aromatic N) is 1. The third-order valence-electron chi connectivity index (χ3n) is 4.33. The topological polar surface area (TPSA) is 67.0 Å². The summed E-state index contributed by atoms with van der Waals surface area (Å²) < 4.78 is 5.14. The fourth-order valence-corrected chi connectivity index (χ4v) is 4.07. The van der Waals surface area contributed by atoms with E-state index in [1.807, 2.05) is 44.4 Å². The minimum atomic E-state index is -0.403. The molecule has 6 heteroatoms. The highest BCUT2D eigenvalue weighted by molar-refractivity contribution is 8.04. The SMILES string of the molecule is CCOC(=O)C1NC(c2c[nH]c3ncc(-c4ccccc4)cc23)=C(C)S1. The molecule has 1 aromatic carbocycles. The number of hydrogen-bond donors (Lipinski definition) is 2. The normalized spacial score (nSPS) is 16.8. The van der Waals surface area contributed by atoms with Gasteiger partial charge in [0.1, 0.15) is 5.65 Å². The van der Waals surface area contributed by atoms with E-state index in [0.717, 1.165) is 38.3 Å². The van der Waals surface area contributed by atoms with Crippen molar-refractivity contribution in [1.29, 1.82) is 0 Å². The molecular formula is C20H19N3O2S. The molecule has 0 bridgehead atoms. The Bertz CT molecular complexity index is 995. The van der Waals surface area contributed by atoms with Crippen molar-refractivity contribution in [3.8, 4) is 11.1 Å². The summed E-state index contributed by atoms with van der Waals surface area (Å²) >= 11 is 1.49. The Kier molecular flexibility index (Phi) is 4.42. The van der Waals surface area contributed by atoms with Crippen LogP contribution in [0.2, 0.25) is 0 Å². The molecule has 5 nitrogen and oxygen atoms in total. The minimum absolute atomic E-state index is 0.241. The maximum atomic E-state index is 12.1. The van der Waals surface area contributed by atoms with Crippen molar-refractivity contribution in [2.24, 2.45) is 0 Å². The number of H-pyrrole nitrogens is 1. The molecule has 1 atom stereocenters. The lowest BCUT2D eigenvalue weighted by atomic mass is 10.0. The molecule has 1 aliphatic heterocycles. The smallest absolute Gasteiger partial charge is 0.339 e. The van der Waals surface area contributed by atoms with Crippen molar-refractivity contribution in [2.45, 2.75) is 19.2 Å². The zero-order valence-electron chi connectivity index (χ0n) is 14.6. The van der Waals surface area contributed by atoms with Gasteiger partial charge in [-0.2, -0.15) is 0 Å². The standard InChI is InChI=1S/C20H19N3O2S/c1-3-25-20(24)19-23-17(12(2)26-19)16-11-22-18-15(16)9-14(10-21-18)13-7-5-4-6-8-13/h4-11,19,23H,3H2,1-2H3,(H,21,22). The van der Waals surface area contributed by atoms with Crippen LogP contribution >= 0.6 is 11.8 Å². The number of carbonyl (C=O) groups is 1. The quantitative estimate of drug-likeness (QED) is 0.680. The number of esters is 1. The molecule has 0 saturated carbocycles. The number of nitrogens with one attached hydrogen (secondary N) is 2. The first-order chi connectivity index (χ1) is 12.7. The van der Waals surface area contributed by atoms with Crippen LogP contribution in [0.1, 0.15) is 19.4 Å². The number of allylic oxidation sites excluding steroid dienone is 1. The third kappa shape index (κ3) is 2.97. The summed E-state index contributed by atoms with van der Waals surface area (Å²) in [6.45, 7) is 4.21. The van der Waals surface area contributed by atoms with Gasteiger partial charge < -0.3 is 15.0 Å². The predicted octanol–water partition coefficient (Wildman–Crippen LogP) is 4.14. The molecule has 0 amide bonds. The van der Waals surface area contributed by atoms with E-state index in [0.29, 0.717) is 6.61 Å². The first-order valence-corrected chi connectivity index (χ1v) is 9.39. The first kappa shape index (κ1) is 16.7. The number of ether oxygens (including phenoxy) is 1. The van der Waals surface area contributed by atoms with Crippen LogP contribution in [-0.2, 0) is 9.53 Å². The molecule has 3 heterocycles. The van der Waals surface area contributed by atoms with Crippen molar-refractivity contribution < 1.29 is 9.53 Å². The molecule has 4 rings (SSSR count). The molecule has 0 spiro atoms. The lowest BCUT2D eigenvalue weighted by Crippen LogP contribution is -2.30. The molecule has 0 radical (unpaired) electrons. The first-order valence-electron chi connectivity index (χ1n) is 8.51. The number of hydrogen-bond acceptors (Lipinski definition) is 5. The molecule has 2 N–H and O–H groups in total. The molecule has 0 aliphatic carbocycles. The zero-order valence-corrected chi connectivity index (χ0v) is 15.4. The third-order valence-corrected chi connectivity index (χ3v) is 5.43. The number of thioether (sulfide) groups is 1. The number of benzene rings is 1. The van der Waals surface area contributed by atoms with Crippen LogP contribution in [0.25, 0.3) is 27.9 Å². The Labute approximate surface area is 155 Å². The second kappa shape index (κ2) is 6.88. The molecule has 0 saturated heterocycles. The summed E-state index contributed by atoms with van der Waals surface area (Å²) in [5.74, 6) is -0.241. The molecular weight excluding hydrogens is 346 g/mol. The van der Waals surface area contributed by atoms with E-state index in [2.05, 4.69) is 33.5 Å². The van der Waals surface area contributed by atoms with Gasteiger partial charge in [0, 0.05) is 33.8 Å². The van der Waals surface area contributed by atoms with Crippen LogP contribution in [0.5, 0.6) is 0 Å². The summed E-state index contributed by atoms with van der Waals surface area (Å²) in [7, 11) is 0. The summed E-state index contributed by atoms with van der Waals surface area (Å²) in [5, 5.41) is 3.92. The van der Waals surface area contributed by atoms with Crippen molar-refractivity contribution in [3.05, 3.63) is 59.3 Å². The minimum Gasteiger partial charge on any atom is -0.464 e. The summed E-state index contributed by atoms with van der Waals surface area (Å²) in [6.07, 6.45) is 3.81. The molecule has 1 aliphatic rings. The van der Waals surface area contributed by atoms with Crippen LogP contribution in [0.4, 0.5) is 0 Å². The Morgan fingerprint density at radius 2 is 2.08 bits per heavy atom. The van der Waals surface area contributed by atoms with Crippen molar-refractivity contribution in [2.75, 3.05) is 6.61 Å². The van der Waals surface area contributed by atoms with E-state index >= 15 is 0 Å². The predicted molar refractivity (Wildman–Crippen MR) is 105 cm³/mol. The highest BCUT2D eigenvalue weighted by Crippen LogP contribution is 2.38. The van der Waals surface area contributed by atoms with Crippen LogP contribution < -0.4 is 5.32 Å². The molecule has 0 fully saturated rings. The molecule has 2 aromatic heterocycles. The van der Waals surface area contributed by atoms with Crippen molar-refractivity contribution in [3.63, 3.8) is 0 Å². The van der Waals surface area contributed by atoms with Gasteiger partial charge >= 0.3 is 5.97 Å². The van der Waals surface area contributed by atoms with E-state index in [-0.39, 0.29) is 5.97 Å². The largest absolute Gasteiger partial charge is 0.464 e. The highest BCUT2D eigenvalue weighted by atomic mass is 32.2. The lowest BCUT2D eigenvalue weighted by Gasteiger charge is -2.11.